The van der Waals surface area contributed by atoms with Crippen LogP contribution in [0, 0.1) is 13.8 Å². The highest BCUT2D eigenvalue weighted by molar-refractivity contribution is 7.13. The van der Waals surface area contributed by atoms with E-state index in [0.29, 0.717) is 0 Å². The van der Waals surface area contributed by atoms with Gasteiger partial charge in [0.05, 0.1) is 16.8 Å². The van der Waals surface area contributed by atoms with Crippen LogP contribution in [0.15, 0.2) is 34.2 Å². The average molecular weight is 301 g/mol. The zero-order valence-corrected chi connectivity index (χ0v) is 13.3. The maximum Gasteiger partial charge on any atom is 0.105 e. The van der Waals surface area contributed by atoms with Gasteiger partial charge in [-0.3, -0.25) is 5.10 Å². The molecule has 0 saturated carbocycles. The number of rotatable bonds is 5. The standard InChI is InChI=1S/C16H19N3OS/c1-10-7-14(12(3)20-10)11(2)17-8-13-9-18-19-16(13)15-5-4-6-21-15/h4-7,9,11,17H,8H2,1-3H3,(H,18,19). The Hall–Kier alpha value is -1.85. The van der Waals surface area contributed by atoms with Gasteiger partial charge in [0, 0.05) is 23.7 Å². The third-order valence-corrected chi connectivity index (χ3v) is 4.52. The van der Waals surface area contributed by atoms with Gasteiger partial charge in [0.15, 0.2) is 0 Å². The molecule has 110 valence electrons. The summed E-state index contributed by atoms with van der Waals surface area (Å²) in [5, 5.41) is 12.9. The predicted molar refractivity (Wildman–Crippen MR) is 85.3 cm³/mol. The summed E-state index contributed by atoms with van der Waals surface area (Å²) in [6, 6.07) is 6.50. The number of H-pyrrole nitrogens is 1. The largest absolute Gasteiger partial charge is 0.466 e. The SMILES string of the molecule is Cc1cc(C(C)NCc2cn[nH]c2-c2cccs2)c(C)o1. The molecule has 4 nitrogen and oxygen atoms in total. The first-order chi connectivity index (χ1) is 10.1. The van der Waals surface area contributed by atoms with Gasteiger partial charge in [-0.2, -0.15) is 5.10 Å². The van der Waals surface area contributed by atoms with Crippen LogP contribution in [0.1, 0.15) is 35.6 Å². The molecule has 0 spiro atoms. The fourth-order valence-corrected chi connectivity index (χ4v) is 3.29. The van der Waals surface area contributed by atoms with Crippen molar-refractivity contribution in [2.45, 2.75) is 33.4 Å². The molecule has 0 aromatic carbocycles. The van der Waals surface area contributed by atoms with Crippen molar-refractivity contribution in [3.8, 4) is 10.6 Å². The van der Waals surface area contributed by atoms with Gasteiger partial charge in [-0.05, 0) is 38.3 Å². The van der Waals surface area contributed by atoms with Crippen molar-refractivity contribution >= 4 is 11.3 Å². The van der Waals surface area contributed by atoms with Crippen molar-refractivity contribution in [1.29, 1.82) is 0 Å². The van der Waals surface area contributed by atoms with Crippen molar-refractivity contribution in [2.24, 2.45) is 0 Å². The molecular weight excluding hydrogens is 282 g/mol. The first-order valence-electron chi connectivity index (χ1n) is 7.01. The molecule has 0 saturated heterocycles. The van der Waals surface area contributed by atoms with Crippen LogP contribution in [-0.2, 0) is 6.54 Å². The number of hydrogen-bond acceptors (Lipinski definition) is 4. The zero-order valence-electron chi connectivity index (χ0n) is 12.4. The van der Waals surface area contributed by atoms with E-state index in [1.54, 1.807) is 11.3 Å². The van der Waals surface area contributed by atoms with Crippen molar-refractivity contribution in [3.05, 3.63) is 52.4 Å². The lowest BCUT2D eigenvalue weighted by Gasteiger charge is -2.13. The van der Waals surface area contributed by atoms with E-state index in [9.17, 15) is 0 Å². The second-order valence-corrected chi connectivity index (χ2v) is 6.17. The maximum atomic E-state index is 5.60. The second-order valence-electron chi connectivity index (χ2n) is 5.22. The highest BCUT2D eigenvalue weighted by atomic mass is 32.1. The van der Waals surface area contributed by atoms with Gasteiger partial charge in [0.25, 0.3) is 0 Å². The summed E-state index contributed by atoms with van der Waals surface area (Å²) >= 11 is 1.72. The highest BCUT2D eigenvalue weighted by Gasteiger charge is 2.14. The molecule has 0 aliphatic rings. The minimum Gasteiger partial charge on any atom is -0.466 e. The van der Waals surface area contributed by atoms with E-state index in [1.165, 1.54) is 16.0 Å². The Balaban J connectivity index is 1.71. The molecule has 0 radical (unpaired) electrons. The Kier molecular flexibility index (Phi) is 3.94. The van der Waals surface area contributed by atoms with Crippen LogP contribution in [0.25, 0.3) is 10.6 Å². The molecule has 3 aromatic heterocycles. The lowest BCUT2D eigenvalue weighted by Crippen LogP contribution is -2.18. The van der Waals surface area contributed by atoms with Gasteiger partial charge in [-0.1, -0.05) is 6.07 Å². The third kappa shape index (κ3) is 2.94. The van der Waals surface area contributed by atoms with Crippen LogP contribution in [0.4, 0.5) is 0 Å². The number of aromatic nitrogens is 2. The van der Waals surface area contributed by atoms with E-state index >= 15 is 0 Å². The Morgan fingerprint density at radius 3 is 2.95 bits per heavy atom. The van der Waals surface area contributed by atoms with Gasteiger partial charge in [0.1, 0.15) is 11.5 Å². The monoisotopic (exact) mass is 301 g/mol. The Morgan fingerprint density at radius 2 is 2.29 bits per heavy atom. The zero-order chi connectivity index (χ0) is 14.8. The molecule has 3 heterocycles. The van der Waals surface area contributed by atoms with Gasteiger partial charge in [-0.25, -0.2) is 0 Å². The normalized spacial score (nSPS) is 12.7. The van der Waals surface area contributed by atoms with Gasteiger partial charge in [-0.15, -0.1) is 11.3 Å². The van der Waals surface area contributed by atoms with Crippen LogP contribution in [0.5, 0.6) is 0 Å². The molecule has 1 unspecified atom stereocenters. The summed E-state index contributed by atoms with van der Waals surface area (Å²) < 4.78 is 5.60. The first-order valence-corrected chi connectivity index (χ1v) is 7.89. The Bertz CT molecular complexity index is 712. The topological polar surface area (TPSA) is 53.9 Å². The molecule has 0 amide bonds. The summed E-state index contributed by atoms with van der Waals surface area (Å²) in [6.07, 6.45) is 1.89. The van der Waals surface area contributed by atoms with E-state index in [4.69, 9.17) is 4.42 Å². The Labute approximate surface area is 128 Å². The van der Waals surface area contributed by atoms with Crippen molar-refractivity contribution in [3.63, 3.8) is 0 Å². The van der Waals surface area contributed by atoms with Crippen LogP contribution in [-0.4, -0.2) is 10.2 Å². The fourth-order valence-electron chi connectivity index (χ4n) is 2.53. The van der Waals surface area contributed by atoms with Crippen molar-refractivity contribution in [2.75, 3.05) is 0 Å². The van der Waals surface area contributed by atoms with Crippen LogP contribution in [0.2, 0.25) is 0 Å². The molecule has 0 bridgehead atoms. The van der Waals surface area contributed by atoms with E-state index in [1.807, 2.05) is 20.0 Å². The number of aromatic amines is 1. The van der Waals surface area contributed by atoms with Crippen molar-refractivity contribution in [1.82, 2.24) is 15.5 Å². The van der Waals surface area contributed by atoms with Crippen LogP contribution in [0.3, 0.4) is 0 Å². The van der Waals surface area contributed by atoms with Gasteiger partial charge >= 0.3 is 0 Å². The number of hydrogen-bond donors (Lipinski definition) is 2. The summed E-state index contributed by atoms with van der Waals surface area (Å²) in [7, 11) is 0. The summed E-state index contributed by atoms with van der Waals surface area (Å²) in [4.78, 5) is 1.22. The fraction of sp³-hybridized carbons (Fsp3) is 0.312. The molecule has 1 atom stereocenters. The van der Waals surface area contributed by atoms with E-state index < -0.39 is 0 Å². The molecular formula is C16H19N3OS. The quantitative estimate of drug-likeness (QED) is 0.742. The molecule has 5 heteroatoms. The van der Waals surface area contributed by atoms with E-state index in [-0.39, 0.29) is 6.04 Å². The number of nitrogens with zero attached hydrogens (tertiary/aromatic N) is 1. The molecule has 3 rings (SSSR count). The lowest BCUT2D eigenvalue weighted by atomic mass is 10.1. The van der Waals surface area contributed by atoms with E-state index in [2.05, 4.69) is 46.0 Å². The predicted octanol–water partition coefficient (Wildman–Crippen LogP) is 4.20. The molecule has 0 fully saturated rings. The number of furan rings is 1. The Morgan fingerprint density at radius 1 is 1.43 bits per heavy atom. The smallest absolute Gasteiger partial charge is 0.105 e. The number of thiophene rings is 1. The van der Waals surface area contributed by atoms with Crippen LogP contribution < -0.4 is 5.32 Å². The first kappa shape index (κ1) is 14.1. The molecule has 3 aromatic rings. The molecule has 21 heavy (non-hydrogen) atoms. The average Bonchev–Trinajstić information content (AvgIpc) is 3.15. The minimum atomic E-state index is 0.244. The number of aryl methyl sites for hydroxylation is 2. The third-order valence-electron chi connectivity index (χ3n) is 3.63. The van der Waals surface area contributed by atoms with E-state index in [0.717, 1.165) is 23.8 Å². The molecule has 2 N–H and O–H groups in total. The summed E-state index contributed by atoms with van der Waals surface area (Å²) in [5.74, 6) is 1.94. The van der Waals surface area contributed by atoms with Crippen LogP contribution >= 0.6 is 11.3 Å². The maximum absolute atomic E-state index is 5.60. The van der Waals surface area contributed by atoms with Gasteiger partial charge in [0.2, 0.25) is 0 Å². The van der Waals surface area contributed by atoms with Crippen molar-refractivity contribution < 1.29 is 4.42 Å². The molecule has 0 aliphatic heterocycles. The number of nitrogens with one attached hydrogen (secondary N) is 2. The summed E-state index contributed by atoms with van der Waals surface area (Å²) in [5.41, 5.74) is 3.50. The molecule has 0 aliphatic carbocycles. The lowest BCUT2D eigenvalue weighted by molar-refractivity contribution is 0.490. The van der Waals surface area contributed by atoms with Gasteiger partial charge < -0.3 is 9.73 Å². The second kappa shape index (κ2) is 5.87. The summed E-state index contributed by atoms with van der Waals surface area (Å²) in [6.45, 7) is 6.92. The highest BCUT2D eigenvalue weighted by Crippen LogP contribution is 2.27. The minimum absolute atomic E-state index is 0.244.